The highest BCUT2D eigenvalue weighted by Gasteiger charge is 2.25. The Bertz CT molecular complexity index is 419. The molecule has 1 amide bonds. The molecule has 1 aromatic rings. The largest absolute Gasteiger partial charge is 0.352 e. The highest BCUT2D eigenvalue weighted by molar-refractivity contribution is 5.79. The lowest BCUT2D eigenvalue weighted by Crippen LogP contribution is -2.32. The second-order valence-corrected chi connectivity index (χ2v) is 4.94. The van der Waals surface area contributed by atoms with E-state index in [0.29, 0.717) is 13.1 Å². The third-order valence-corrected chi connectivity index (χ3v) is 3.55. The fourth-order valence-electron chi connectivity index (χ4n) is 2.40. The van der Waals surface area contributed by atoms with Crippen LogP contribution in [0.3, 0.4) is 0 Å². The van der Waals surface area contributed by atoms with Crippen LogP contribution in [0.2, 0.25) is 0 Å². The molecule has 1 aliphatic heterocycles. The van der Waals surface area contributed by atoms with Crippen molar-refractivity contribution in [3.05, 3.63) is 35.4 Å². The van der Waals surface area contributed by atoms with Crippen LogP contribution in [0.25, 0.3) is 0 Å². The molecule has 1 fully saturated rings. The van der Waals surface area contributed by atoms with Crippen molar-refractivity contribution in [1.82, 2.24) is 10.2 Å². The first-order valence-electron chi connectivity index (χ1n) is 6.44. The quantitative estimate of drug-likeness (QED) is 0.824. The van der Waals surface area contributed by atoms with Crippen LogP contribution in [0.15, 0.2) is 24.3 Å². The summed E-state index contributed by atoms with van der Waals surface area (Å²) in [7, 11) is 2.05. The highest BCUT2D eigenvalue weighted by Crippen LogP contribution is 2.15. The van der Waals surface area contributed by atoms with Gasteiger partial charge in [-0.05, 0) is 31.1 Å². The second-order valence-electron chi connectivity index (χ2n) is 4.94. The molecule has 1 aromatic carbocycles. The molecular weight excluding hydrogens is 226 g/mol. The van der Waals surface area contributed by atoms with Gasteiger partial charge in [0.05, 0.1) is 5.92 Å². The zero-order chi connectivity index (χ0) is 13.0. The molecule has 1 aliphatic rings. The summed E-state index contributed by atoms with van der Waals surface area (Å²) in [4.78, 5) is 14.2. The van der Waals surface area contributed by atoms with Gasteiger partial charge in [-0.15, -0.1) is 0 Å². The van der Waals surface area contributed by atoms with Gasteiger partial charge >= 0.3 is 0 Å². The molecule has 0 bridgehead atoms. The van der Waals surface area contributed by atoms with Crippen LogP contribution in [0.4, 0.5) is 0 Å². The summed E-state index contributed by atoms with van der Waals surface area (Å²) in [6, 6.07) is 7.97. The predicted octanol–water partition coefficient (Wildman–Crippen LogP) is 0.713. The lowest BCUT2D eigenvalue weighted by molar-refractivity contribution is -0.124. The van der Waals surface area contributed by atoms with E-state index in [1.807, 2.05) is 24.3 Å². The Morgan fingerprint density at radius 3 is 2.78 bits per heavy atom. The molecule has 98 valence electrons. The molecule has 1 unspecified atom stereocenters. The minimum absolute atomic E-state index is 0.139. The van der Waals surface area contributed by atoms with Crippen molar-refractivity contribution in [1.29, 1.82) is 0 Å². The number of likely N-dealkylation sites (tertiary alicyclic amines) is 1. The van der Waals surface area contributed by atoms with Crippen LogP contribution < -0.4 is 11.1 Å². The molecule has 18 heavy (non-hydrogen) atoms. The van der Waals surface area contributed by atoms with Crippen molar-refractivity contribution in [3.8, 4) is 0 Å². The zero-order valence-electron chi connectivity index (χ0n) is 10.9. The molecule has 4 nitrogen and oxygen atoms in total. The van der Waals surface area contributed by atoms with Crippen molar-refractivity contribution < 1.29 is 4.79 Å². The van der Waals surface area contributed by atoms with Crippen LogP contribution >= 0.6 is 0 Å². The van der Waals surface area contributed by atoms with E-state index in [0.717, 1.165) is 30.6 Å². The normalized spacial score (nSPS) is 20.0. The van der Waals surface area contributed by atoms with E-state index in [9.17, 15) is 4.79 Å². The van der Waals surface area contributed by atoms with E-state index in [4.69, 9.17) is 5.73 Å². The fraction of sp³-hybridized carbons (Fsp3) is 0.500. The Morgan fingerprint density at radius 1 is 1.44 bits per heavy atom. The summed E-state index contributed by atoms with van der Waals surface area (Å²) in [6.07, 6.45) is 0.959. The lowest BCUT2D eigenvalue weighted by atomic mass is 10.1. The van der Waals surface area contributed by atoms with E-state index in [2.05, 4.69) is 17.3 Å². The number of carbonyl (C=O) groups excluding carboxylic acids is 1. The van der Waals surface area contributed by atoms with Crippen LogP contribution in [-0.4, -0.2) is 30.9 Å². The van der Waals surface area contributed by atoms with Gasteiger partial charge in [0.1, 0.15) is 0 Å². The topological polar surface area (TPSA) is 58.4 Å². The number of carbonyl (C=O) groups is 1. The third-order valence-electron chi connectivity index (χ3n) is 3.55. The van der Waals surface area contributed by atoms with Gasteiger partial charge in [-0.2, -0.15) is 0 Å². The van der Waals surface area contributed by atoms with Gasteiger partial charge in [-0.3, -0.25) is 4.79 Å². The number of rotatable bonds is 4. The molecule has 2 rings (SSSR count). The predicted molar refractivity (Wildman–Crippen MR) is 71.8 cm³/mol. The summed E-state index contributed by atoms with van der Waals surface area (Å²) in [6.45, 7) is 2.96. The first-order chi connectivity index (χ1) is 8.70. The Balaban J connectivity index is 1.89. The van der Waals surface area contributed by atoms with Crippen molar-refractivity contribution in [2.75, 3.05) is 20.1 Å². The maximum Gasteiger partial charge on any atom is 0.224 e. The Kier molecular flexibility index (Phi) is 4.33. The molecule has 1 atom stereocenters. The smallest absolute Gasteiger partial charge is 0.224 e. The first-order valence-corrected chi connectivity index (χ1v) is 6.44. The molecule has 0 radical (unpaired) electrons. The van der Waals surface area contributed by atoms with Crippen LogP contribution in [0.5, 0.6) is 0 Å². The Hall–Kier alpha value is -1.39. The monoisotopic (exact) mass is 247 g/mol. The van der Waals surface area contributed by atoms with Crippen molar-refractivity contribution in [2.24, 2.45) is 11.7 Å². The molecule has 3 N–H and O–H groups in total. The Labute approximate surface area is 108 Å². The van der Waals surface area contributed by atoms with Crippen LogP contribution in [0, 0.1) is 5.92 Å². The van der Waals surface area contributed by atoms with Gasteiger partial charge in [0.15, 0.2) is 0 Å². The van der Waals surface area contributed by atoms with Crippen molar-refractivity contribution in [3.63, 3.8) is 0 Å². The highest BCUT2D eigenvalue weighted by atomic mass is 16.1. The first kappa shape index (κ1) is 13.1. The van der Waals surface area contributed by atoms with Gasteiger partial charge in [0.2, 0.25) is 5.91 Å². The number of benzene rings is 1. The van der Waals surface area contributed by atoms with Crippen LogP contribution in [-0.2, 0) is 17.9 Å². The molecule has 0 saturated carbocycles. The average Bonchev–Trinajstić information content (AvgIpc) is 2.83. The number of nitrogens with zero attached hydrogens (tertiary/aromatic N) is 1. The minimum atomic E-state index is 0.139. The van der Waals surface area contributed by atoms with Gasteiger partial charge < -0.3 is 16.0 Å². The van der Waals surface area contributed by atoms with Gasteiger partial charge in [0, 0.05) is 19.6 Å². The number of amides is 1. The standard InChI is InChI=1S/C14H21N3O/c1-17-7-6-13(10-17)14(18)16-9-12-5-3-2-4-11(12)8-15/h2-5,13H,6-10,15H2,1H3,(H,16,18). The van der Waals surface area contributed by atoms with Gasteiger partial charge in [-0.1, -0.05) is 24.3 Å². The lowest BCUT2D eigenvalue weighted by Gasteiger charge is -2.13. The van der Waals surface area contributed by atoms with Crippen LogP contribution in [0.1, 0.15) is 17.5 Å². The summed E-state index contributed by atoms with van der Waals surface area (Å²) in [5.41, 5.74) is 7.89. The maximum absolute atomic E-state index is 12.0. The third kappa shape index (κ3) is 3.09. The van der Waals surface area contributed by atoms with E-state index in [1.165, 1.54) is 0 Å². The minimum Gasteiger partial charge on any atom is -0.352 e. The number of nitrogens with two attached hydrogens (primary N) is 1. The van der Waals surface area contributed by atoms with E-state index < -0.39 is 0 Å². The Morgan fingerprint density at radius 2 is 2.17 bits per heavy atom. The maximum atomic E-state index is 12.0. The molecule has 1 saturated heterocycles. The molecule has 0 aliphatic carbocycles. The number of nitrogens with one attached hydrogen (secondary N) is 1. The molecular formula is C14H21N3O. The van der Waals surface area contributed by atoms with Gasteiger partial charge in [-0.25, -0.2) is 0 Å². The molecule has 0 aromatic heterocycles. The van der Waals surface area contributed by atoms with Crippen molar-refractivity contribution >= 4 is 5.91 Å². The zero-order valence-corrected chi connectivity index (χ0v) is 10.9. The average molecular weight is 247 g/mol. The summed E-state index contributed by atoms with van der Waals surface area (Å²) >= 11 is 0. The van der Waals surface area contributed by atoms with Gasteiger partial charge in [0.25, 0.3) is 0 Å². The number of hydrogen-bond acceptors (Lipinski definition) is 3. The van der Waals surface area contributed by atoms with Crippen molar-refractivity contribution in [2.45, 2.75) is 19.5 Å². The fourth-order valence-corrected chi connectivity index (χ4v) is 2.40. The number of hydrogen-bond donors (Lipinski definition) is 2. The van der Waals surface area contributed by atoms with E-state index in [1.54, 1.807) is 0 Å². The summed E-state index contributed by atoms with van der Waals surface area (Å²) in [5, 5.41) is 3.02. The van der Waals surface area contributed by atoms with E-state index >= 15 is 0 Å². The summed E-state index contributed by atoms with van der Waals surface area (Å²) < 4.78 is 0. The molecule has 0 spiro atoms. The SMILES string of the molecule is CN1CCC(C(=O)NCc2ccccc2CN)C1. The molecule has 1 heterocycles. The van der Waals surface area contributed by atoms with E-state index in [-0.39, 0.29) is 11.8 Å². The molecule has 4 heteroatoms. The second kappa shape index (κ2) is 5.98. The summed E-state index contributed by atoms with van der Waals surface area (Å²) in [5.74, 6) is 0.297.